The van der Waals surface area contributed by atoms with Crippen molar-refractivity contribution in [2.45, 2.75) is 11.0 Å². The molecule has 6 nitrogen and oxygen atoms in total. The molecular weight excluding hydrogens is 431 g/mol. The van der Waals surface area contributed by atoms with Crippen LogP contribution in [0.5, 0.6) is 5.75 Å². The van der Waals surface area contributed by atoms with E-state index < -0.39 is 27.9 Å². The van der Waals surface area contributed by atoms with E-state index >= 15 is 0 Å². The number of carbonyl (C=O) groups excluding carboxylic acids is 1. The van der Waals surface area contributed by atoms with Crippen molar-refractivity contribution >= 4 is 38.9 Å². The van der Waals surface area contributed by atoms with E-state index in [1.165, 1.54) is 42.5 Å². The third-order valence-corrected chi connectivity index (χ3v) is 6.61. The standard InChI is InChI=1S/C21H16ClFN2O4S/c22-14-9-11-15(12-10-14)30(27,28)25-13-20(29-19-8-4-3-7-18(19)25)21(26)24-17-6-2-1-5-16(17)23/h1-12,20H,13H2,(H,24,26). The Hall–Kier alpha value is -3.10. The van der Waals surface area contributed by atoms with Crippen molar-refractivity contribution in [3.05, 3.63) is 83.6 Å². The van der Waals surface area contributed by atoms with Gasteiger partial charge in [-0.3, -0.25) is 9.10 Å². The van der Waals surface area contributed by atoms with Gasteiger partial charge in [-0.2, -0.15) is 0 Å². The van der Waals surface area contributed by atoms with E-state index in [1.807, 2.05) is 0 Å². The zero-order chi connectivity index (χ0) is 21.3. The van der Waals surface area contributed by atoms with Crippen molar-refractivity contribution < 1.29 is 22.3 Å². The number of carbonyl (C=O) groups is 1. The minimum absolute atomic E-state index is 0.0166. The van der Waals surface area contributed by atoms with Crippen LogP contribution in [-0.4, -0.2) is 27.0 Å². The molecule has 154 valence electrons. The first-order valence-corrected chi connectivity index (χ1v) is 10.8. The van der Waals surface area contributed by atoms with Crippen LogP contribution in [0.1, 0.15) is 0 Å². The topological polar surface area (TPSA) is 75.7 Å². The van der Waals surface area contributed by atoms with Crippen LogP contribution in [0.3, 0.4) is 0 Å². The molecule has 1 heterocycles. The van der Waals surface area contributed by atoms with Crippen molar-refractivity contribution in [2.75, 3.05) is 16.2 Å². The van der Waals surface area contributed by atoms with Gasteiger partial charge in [-0.15, -0.1) is 0 Å². The van der Waals surface area contributed by atoms with Crippen molar-refractivity contribution in [1.82, 2.24) is 0 Å². The number of amides is 1. The fourth-order valence-electron chi connectivity index (χ4n) is 3.08. The Kier molecular flexibility index (Phi) is 5.36. The third kappa shape index (κ3) is 3.83. The molecule has 0 aliphatic carbocycles. The van der Waals surface area contributed by atoms with Gasteiger partial charge in [-0.1, -0.05) is 35.9 Å². The molecule has 1 atom stereocenters. The van der Waals surface area contributed by atoms with Crippen molar-refractivity contribution in [3.8, 4) is 5.75 Å². The fourth-order valence-corrected chi connectivity index (χ4v) is 4.68. The molecule has 0 saturated heterocycles. The summed E-state index contributed by atoms with van der Waals surface area (Å²) < 4.78 is 47.3. The van der Waals surface area contributed by atoms with E-state index in [9.17, 15) is 17.6 Å². The summed E-state index contributed by atoms with van der Waals surface area (Å²) in [5.74, 6) is -1.03. The van der Waals surface area contributed by atoms with Gasteiger partial charge in [0.25, 0.3) is 15.9 Å². The summed E-state index contributed by atoms with van der Waals surface area (Å²) in [7, 11) is -4.00. The number of hydrogen-bond donors (Lipinski definition) is 1. The maximum absolute atomic E-state index is 13.9. The lowest BCUT2D eigenvalue weighted by molar-refractivity contribution is -0.122. The Morgan fingerprint density at radius 1 is 1.03 bits per heavy atom. The maximum atomic E-state index is 13.9. The molecule has 0 radical (unpaired) electrons. The summed E-state index contributed by atoms with van der Waals surface area (Å²) in [5, 5.41) is 2.85. The van der Waals surface area contributed by atoms with E-state index in [4.69, 9.17) is 16.3 Å². The van der Waals surface area contributed by atoms with Crippen LogP contribution in [0, 0.1) is 5.82 Å². The number of para-hydroxylation sites is 3. The number of nitrogens with one attached hydrogen (secondary N) is 1. The smallest absolute Gasteiger partial charge is 0.267 e. The molecule has 0 saturated carbocycles. The highest BCUT2D eigenvalue weighted by atomic mass is 35.5. The van der Waals surface area contributed by atoms with Gasteiger partial charge in [0.05, 0.1) is 22.8 Å². The molecule has 3 aromatic carbocycles. The lowest BCUT2D eigenvalue weighted by atomic mass is 10.2. The quantitative estimate of drug-likeness (QED) is 0.655. The third-order valence-electron chi connectivity index (χ3n) is 4.56. The van der Waals surface area contributed by atoms with Crippen LogP contribution >= 0.6 is 11.6 Å². The summed E-state index contributed by atoms with van der Waals surface area (Å²) in [5.41, 5.74) is 0.291. The summed E-state index contributed by atoms with van der Waals surface area (Å²) >= 11 is 5.87. The molecule has 0 fully saturated rings. The molecular formula is C21H16ClFN2O4S. The summed E-state index contributed by atoms with van der Waals surface area (Å²) in [6.07, 6.45) is -1.18. The number of ether oxygens (including phenoxy) is 1. The molecule has 1 aliphatic rings. The number of benzene rings is 3. The molecule has 1 amide bonds. The predicted octanol–water partition coefficient (Wildman–Crippen LogP) is 4.07. The van der Waals surface area contributed by atoms with Gasteiger partial charge in [0.2, 0.25) is 0 Å². The molecule has 1 aliphatic heterocycles. The van der Waals surface area contributed by atoms with Crippen LogP contribution in [0.2, 0.25) is 5.02 Å². The predicted molar refractivity (Wildman–Crippen MR) is 112 cm³/mol. The van der Waals surface area contributed by atoms with Gasteiger partial charge < -0.3 is 10.1 Å². The first-order valence-electron chi connectivity index (χ1n) is 8.95. The molecule has 0 aromatic heterocycles. The maximum Gasteiger partial charge on any atom is 0.267 e. The number of rotatable bonds is 4. The zero-order valence-electron chi connectivity index (χ0n) is 15.5. The number of sulfonamides is 1. The summed E-state index contributed by atoms with van der Waals surface area (Å²) in [6, 6.07) is 17.9. The Bertz CT molecular complexity index is 1200. The van der Waals surface area contributed by atoms with E-state index in [0.717, 1.165) is 4.31 Å². The molecule has 1 N–H and O–H groups in total. The van der Waals surface area contributed by atoms with Crippen molar-refractivity contribution in [3.63, 3.8) is 0 Å². The highest BCUT2D eigenvalue weighted by Gasteiger charge is 2.37. The Labute approximate surface area is 177 Å². The first kappa shape index (κ1) is 20.2. The minimum Gasteiger partial charge on any atom is -0.476 e. The molecule has 4 rings (SSSR count). The zero-order valence-corrected chi connectivity index (χ0v) is 17.0. The van der Waals surface area contributed by atoms with Gasteiger partial charge in [0.15, 0.2) is 6.10 Å². The van der Waals surface area contributed by atoms with Gasteiger partial charge in [0, 0.05) is 5.02 Å². The number of hydrogen-bond acceptors (Lipinski definition) is 4. The molecule has 30 heavy (non-hydrogen) atoms. The molecule has 0 spiro atoms. The highest BCUT2D eigenvalue weighted by molar-refractivity contribution is 7.92. The molecule has 9 heteroatoms. The molecule has 0 bridgehead atoms. The number of fused-ring (bicyclic) bond motifs is 1. The molecule has 1 unspecified atom stereocenters. The Morgan fingerprint density at radius 2 is 1.70 bits per heavy atom. The Morgan fingerprint density at radius 3 is 2.43 bits per heavy atom. The van der Waals surface area contributed by atoms with Gasteiger partial charge in [0.1, 0.15) is 11.6 Å². The highest BCUT2D eigenvalue weighted by Crippen LogP contribution is 2.37. The van der Waals surface area contributed by atoms with E-state index in [-0.39, 0.29) is 22.9 Å². The van der Waals surface area contributed by atoms with Crippen LogP contribution in [0.4, 0.5) is 15.8 Å². The van der Waals surface area contributed by atoms with E-state index in [2.05, 4.69) is 5.32 Å². The average molecular weight is 447 g/mol. The summed E-state index contributed by atoms with van der Waals surface area (Å²) in [6.45, 7) is -0.276. The second kappa shape index (κ2) is 7.97. The number of anilines is 2. The largest absolute Gasteiger partial charge is 0.476 e. The first-order chi connectivity index (χ1) is 14.4. The fraction of sp³-hybridized carbons (Fsp3) is 0.0952. The normalized spacial score (nSPS) is 15.8. The Balaban J connectivity index is 1.68. The lowest BCUT2D eigenvalue weighted by Gasteiger charge is -2.34. The van der Waals surface area contributed by atoms with Crippen LogP contribution < -0.4 is 14.4 Å². The average Bonchev–Trinajstić information content (AvgIpc) is 2.74. The van der Waals surface area contributed by atoms with E-state index in [1.54, 1.807) is 30.3 Å². The van der Waals surface area contributed by atoms with Crippen LogP contribution in [0.25, 0.3) is 0 Å². The number of halogens is 2. The van der Waals surface area contributed by atoms with Gasteiger partial charge in [-0.25, -0.2) is 12.8 Å². The van der Waals surface area contributed by atoms with E-state index in [0.29, 0.717) is 10.7 Å². The monoisotopic (exact) mass is 446 g/mol. The van der Waals surface area contributed by atoms with Gasteiger partial charge >= 0.3 is 0 Å². The second-order valence-electron chi connectivity index (χ2n) is 6.53. The molecule has 3 aromatic rings. The lowest BCUT2D eigenvalue weighted by Crippen LogP contribution is -2.48. The minimum atomic E-state index is -4.00. The van der Waals surface area contributed by atoms with Gasteiger partial charge in [-0.05, 0) is 48.5 Å². The summed E-state index contributed by atoms with van der Waals surface area (Å²) in [4.78, 5) is 12.8. The van der Waals surface area contributed by atoms with Crippen molar-refractivity contribution in [2.24, 2.45) is 0 Å². The SMILES string of the molecule is O=C(Nc1ccccc1F)C1CN(S(=O)(=O)c2ccc(Cl)cc2)c2ccccc2O1. The van der Waals surface area contributed by atoms with Crippen LogP contribution in [-0.2, 0) is 14.8 Å². The van der Waals surface area contributed by atoms with Crippen molar-refractivity contribution in [1.29, 1.82) is 0 Å². The van der Waals surface area contributed by atoms with Crippen LogP contribution in [0.15, 0.2) is 77.7 Å². The second-order valence-corrected chi connectivity index (χ2v) is 8.83. The number of nitrogens with zero attached hydrogens (tertiary/aromatic N) is 1.